The Morgan fingerprint density at radius 1 is 0.667 bits per heavy atom. The molecule has 0 amide bonds. The molecule has 116 valence electrons. The van der Waals surface area contributed by atoms with Crippen LogP contribution in [0.2, 0.25) is 0 Å². The molecule has 0 saturated heterocycles. The molecule has 0 aliphatic heterocycles. The first-order chi connectivity index (χ1) is 11.8. The summed E-state index contributed by atoms with van der Waals surface area (Å²) in [5.74, 6) is 0.678. The normalized spacial score (nSPS) is 10.8. The van der Waals surface area contributed by atoms with Gasteiger partial charge in [0.05, 0.1) is 0 Å². The van der Waals surface area contributed by atoms with E-state index in [1.54, 1.807) is 6.07 Å². The van der Waals surface area contributed by atoms with Crippen molar-refractivity contribution in [2.45, 2.75) is 6.42 Å². The molecule has 2 nitrogen and oxygen atoms in total. The molecule has 4 aromatic rings. The second-order valence-electron chi connectivity index (χ2n) is 5.86. The first kappa shape index (κ1) is 14.5. The van der Waals surface area contributed by atoms with Crippen LogP contribution in [0.3, 0.4) is 0 Å². The van der Waals surface area contributed by atoms with E-state index in [-0.39, 0.29) is 5.63 Å². The predicted octanol–water partition coefficient (Wildman–Crippen LogP) is 5.05. The maximum atomic E-state index is 12.0. The Labute approximate surface area is 140 Å². The van der Waals surface area contributed by atoms with Crippen molar-refractivity contribution in [1.29, 1.82) is 0 Å². The molecular formula is C22H16O2. The summed E-state index contributed by atoms with van der Waals surface area (Å²) in [7, 11) is 0. The lowest BCUT2D eigenvalue weighted by Gasteiger charge is -2.06. The summed E-state index contributed by atoms with van der Waals surface area (Å²) >= 11 is 0. The fourth-order valence-corrected chi connectivity index (χ4v) is 2.95. The van der Waals surface area contributed by atoms with Gasteiger partial charge in [0.1, 0.15) is 5.76 Å². The molecule has 0 N–H and O–H groups in total. The SMILES string of the molecule is O=c1cc(-c2ccc3ccccc3c2)cc(Cc2ccccc2)o1. The summed E-state index contributed by atoms with van der Waals surface area (Å²) in [6.45, 7) is 0. The molecule has 0 atom stereocenters. The van der Waals surface area contributed by atoms with Crippen molar-refractivity contribution in [3.05, 3.63) is 107 Å². The lowest BCUT2D eigenvalue weighted by Crippen LogP contribution is -2.01. The molecule has 4 rings (SSSR count). The van der Waals surface area contributed by atoms with E-state index in [0.29, 0.717) is 12.2 Å². The number of rotatable bonds is 3. The van der Waals surface area contributed by atoms with Crippen LogP contribution < -0.4 is 5.63 Å². The van der Waals surface area contributed by atoms with E-state index in [0.717, 1.165) is 22.1 Å². The van der Waals surface area contributed by atoms with E-state index in [9.17, 15) is 4.79 Å². The summed E-state index contributed by atoms with van der Waals surface area (Å²) in [6.07, 6.45) is 0.609. The molecular weight excluding hydrogens is 296 g/mol. The summed E-state index contributed by atoms with van der Waals surface area (Å²) < 4.78 is 5.38. The van der Waals surface area contributed by atoms with Crippen molar-refractivity contribution in [3.8, 4) is 11.1 Å². The fourth-order valence-electron chi connectivity index (χ4n) is 2.95. The molecule has 0 aliphatic rings. The Morgan fingerprint density at radius 3 is 2.25 bits per heavy atom. The van der Waals surface area contributed by atoms with E-state index < -0.39 is 0 Å². The molecule has 0 radical (unpaired) electrons. The zero-order valence-corrected chi connectivity index (χ0v) is 13.1. The first-order valence-electron chi connectivity index (χ1n) is 7.95. The third kappa shape index (κ3) is 2.99. The second-order valence-corrected chi connectivity index (χ2v) is 5.86. The monoisotopic (exact) mass is 312 g/mol. The molecule has 0 saturated carbocycles. The van der Waals surface area contributed by atoms with Crippen molar-refractivity contribution in [1.82, 2.24) is 0 Å². The van der Waals surface area contributed by atoms with E-state index in [2.05, 4.69) is 24.3 Å². The molecule has 0 unspecified atom stereocenters. The highest BCUT2D eigenvalue weighted by molar-refractivity contribution is 5.87. The average molecular weight is 312 g/mol. The molecule has 2 heteroatoms. The van der Waals surface area contributed by atoms with E-state index >= 15 is 0 Å². The minimum atomic E-state index is -0.313. The topological polar surface area (TPSA) is 30.2 Å². The third-order valence-corrected chi connectivity index (χ3v) is 4.13. The zero-order chi connectivity index (χ0) is 16.4. The third-order valence-electron chi connectivity index (χ3n) is 4.13. The molecule has 0 aliphatic carbocycles. The minimum Gasteiger partial charge on any atom is -0.428 e. The first-order valence-corrected chi connectivity index (χ1v) is 7.95. The molecule has 0 fully saturated rings. The Hall–Kier alpha value is -3.13. The van der Waals surface area contributed by atoms with Gasteiger partial charge in [-0.15, -0.1) is 0 Å². The van der Waals surface area contributed by atoms with Gasteiger partial charge in [-0.3, -0.25) is 0 Å². The molecule has 1 heterocycles. The highest BCUT2D eigenvalue weighted by atomic mass is 16.4. The van der Waals surface area contributed by atoms with Crippen LogP contribution in [-0.2, 0) is 6.42 Å². The van der Waals surface area contributed by atoms with Gasteiger partial charge in [0.15, 0.2) is 0 Å². The highest BCUT2D eigenvalue weighted by Gasteiger charge is 2.06. The fraction of sp³-hybridized carbons (Fsp3) is 0.0455. The lowest BCUT2D eigenvalue weighted by atomic mass is 10.0. The lowest BCUT2D eigenvalue weighted by molar-refractivity contribution is 0.469. The van der Waals surface area contributed by atoms with Crippen molar-refractivity contribution in [2.75, 3.05) is 0 Å². The van der Waals surface area contributed by atoms with Gasteiger partial charge < -0.3 is 4.42 Å². The van der Waals surface area contributed by atoms with Gasteiger partial charge in [-0.2, -0.15) is 0 Å². The van der Waals surface area contributed by atoms with Crippen LogP contribution in [0.15, 0.2) is 94.1 Å². The van der Waals surface area contributed by atoms with Gasteiger partial charge in [0, 0.05) is 12.5 Å². The van der Waals surface area contributed by atoms with Crippen LogP contribution in [-0.4, -0.2) is 0 Å². The van der Waals surface area contributed by atoms with Gasteiger partial charge in [0.2, 0.25) is 0 Å². The second kappa shape index (κ2) is 6.17. The largest absolute Gasteiger partial charge is 0.428 e. The van der Waals surface area contributed by atoms with E-state index in [4.69, 9.17) is 4.42 Å². The van der Waals surface area contributed by atoms with Crippen LogP contribution >= 0.6 is 0 Å². The smallest absolute Gasteiger partial charge is 0.336 e. The van der Waals surface area contributed by atoms with E-state index in [1.165, 1.54) is 5.39 Å². The zero-order valence-electron chi connectivity index (χ0n) is 13.1. The number of fused-ring (bicyclic) bond motifs is 1. The van der Waals surface area contributed by atoms with Crippen molar-refractivity contribution in [3.63, 3.8) is 0 Å². The van der Waals surface area contributed by atoms with Crippen molar-refractivity contribution in [2.24, 2.45) is 0 Å². The summed E-state index contributed by atoms with van der Waals surface area (Å²) in [6, 6.07) is 28.0. The van der Waals surface area contributed by atoms with Crippen molar-refractivity contribution >= 4 is 10.8 Å². The van der Waals surface area contributed by atoms with Gasteiger partial charge in [-0.05, 0) is 39.6 Å². The van der Waals surface area contributed by atoms with Gasteiger partial charge in [0.25, 0.3) is 0 Å². The Balaban J connectivity index is 1.75. The summed E-state index contributed by atoms with van der Waals surface area (Å²) in [4.78, 5) is 12.0. The Kier molecular flexibility index (Phi) is 3.72. The van der Waals surface area contributed by atoms with E-state index in [1.807, 2.05) is 54.6 Å². The predicted molar refractivity (Wildman–Crippen MR) is 97.2 cm³/mol. The van der Waals surface area contributed by atoms with Gasteiger partial charge in [-0.25, -0.2) is 4.79 Å². The number of hydrogen-bond acceptors (Lipinski definition) is 2. The van der Waals surface area contributed by atoms with Crippen LogP contribution in [0.1, 0.15) is 11.3 Å². The quantitative estimate of drug-likeness (QED) is 0.530. The van der Waals surface area contributed by atoms with Crippen LogP contribution in [0.25, 0.3) is 21.9 Å². The van der Waals surface area contributed by atoms with Crippen molar-refractivity contribution < 1.29 is 4.42 Å². The molecule has 24 heavy (non-hydrogen) atoms. The maximum Gasteiger partial charge on any atom is 0.336 e. The number of benzene rings is 3. The summed E-state index contributed by atoms with van der Waals surface area (Å²) in [5.41, 5.74) is 2.72. The Morgan fingerprint density at radius 2 is 1.42 bits per heavy atom. The highest BCUT2D eigenvalue weighted by Crippen LogP contribution is 2.24. The molecule has 1 aromatic heterocycles. The van der Waals surface area contributed by atoms with Crippen LogP contribution in [0.5, 0.6) is 0 Å². The molecule has 3 aromatic carbocycles. The number of hydrogen-bond donors (Lipinski definition) is 0. The molecule has 0 bridgehead atoms. The standard InChI is InChI=1S/C22H16O2/c23-22-15-20(14-21(24-22)12-16-6-2-1-3-7-16)19-11-10-17-8-4-5-9-18(17)13-19/h1-11,13-15H,12H2. The summed E-state index contributed by atoms with van der Waals surface area (Å²) in [5, 5.41) is 2.35. The Bertz CT molecular complexity index is 1050. The minimum absolute atomic E-state index is 0.313. The molecule has 0 spiro atoms. The van der Waals surface area contributed by atoms with Crippen LogP contribution in [0.4, 0.5) is 0 Å². The maximum absolute atomic E-state index is 12.0. The van der Waals surface area contributed by atoms with Gasteiger partial charge in [-0.1, -0.05) is 66.7 Å². The van der Waals surface area contributed by atoms with Gasteiger partial charge >= 0.3 is 5.63 Å². The van der Waals surface area contributed by atoms with Crippen LogP contribution in [0, 0.1) is 0 Å². The average Bonchev–Trinajstić information content (AvgIpc) is 2.62.